The lowest BCUT2D eigenvalue weighted by Crippen LogP contribution is -2.07. The van der Waals surface area contributed by atoms with Crippen LogP contribution in [-0.2, 0) is 9.53 Å². The molecule has 0 heterocycles. The molecule has 2 nitrogen and oxygen atoms in total. The van der Waals surface area contributed by atoms with E-state index in [2.05, 4.69) is 13.8 Å². The van der Waals surface area contributed by atoms with Gasteiger partial charge in [0.2, 0.25) is 0 Å². The molecule has 0 fully saturated rings. The molecule has 0 aliphatic rings. The minimum atomic E-state index is 0.00849. The summed E-state index contributed by atoms with van der Waals surface area (Å²) in [6.07, 6.45) is 42.4. The van der Waals surface area contributed by atoms with Crippen LogP contribution in [-0.4, -0.2) is 24.1 Å². The first-order valence-electron chi connectivity index (χ1n) is 18.5. The first-order valence-corrected chi connectivity index (χ1v) is 19.7. The Labute approximate surface area is 257 Å². The van der Waals surface area contributed by atoms with Crippen LogP contribution in [0.25, 0.3) is 0 Å². The van der Waals surface area contributed by atoms with Gasteiger partial charge in [-0.2, -0.15) is 11.8 Å². The molecule has 0 aromatic carbocycles. The maximum absolute atomic E-state index is 11.9. The molecule has 40 heavy (non-hydrogen) atoms. The first-order chi connectivity index (χ1) is 19.8. The fourth-order valence-electron chi connectivity index (χ4n) is 5.56. The second-order valence-corrected chi connectivity index (χ2v) is 13.7. The molecule has 0 atom stereocenters. The molecule has 0 aliphatic heterocycles. The zero-order valence-electron chi connectivity index (χ0n) is 27.8. The van der Waals surface area contributed by atoms with Gasteiger partial charge in [0.05, 0.1) is 13.0 Å². The van der Waals surface area contributed by atoms with Crippen molar-refractivity contribution in [2.75, 3.05) is 18.1 Å². The van der Waals surface area contributed by atoms with Gasteiger partial charge in [-0.3, -0.25) is 4.79 Å². The summed E-state index contributed by atoms with van der Waals surface area (Å²) in [5.41, 5.74) is 0. The average Bonchev–Trinajstić information content (AvgIpc) is 2.96. The van der Waals surface area contributed by atoms with Crippen molar-refractivity contribution in [2.24, 2.45) is 0 Å². The predicted octanol–water partition coefficient (Wildman–Crippen LogP) is 13.4. The van der Waals surface area contributed by atoms with E-state index in [9.17, 15) is 4.79 Å². The topological polar surface area (TPSA) is 26.3 Å². The van der Waals surface area contributed by atoms with Crippen molar-refractivity contribution in [1.82, 2.24) is 0 Å². The van der Waals surface area contributed by atoms with E-state index in [1.165, 1.54) is 192 Å². The summed E-state index contributed by atoms with van der Waals surface area (Å²) in [6, 6.07) is 0. The highest BCUT2D eigenvalue weighted by molar-refractivity contribution is 7.99. The summed E-state index contributed by atoms with van der Waals surface area (Å²) in [5, 5.41) is 0. The molecule has 240 valence electrons. The average molecular weight is 583 g/mol. The number of carbonyl (C=O) groups is 1. The van der Waals surface area contributed by atoms with Gasteiger partial charge in [0.1, 0.15) is 0 Å². The maximum atomic E-state index is 11.9. The molecule has 0 saturated heterocycles. The normalized spacial score (nSPS) is 11.3. The third-order valence-electron chi connectivity index (χ3n) is 8.35. The van der Waals surface area contributed by atoms with Crippen LogP contribution in [0.1, 0.15) is 213 Å². The van der Waals surface area contributed by atoms with E-state index in [1.807, 2.05) is 11.8 Å². The molecular formula is C37H74O2S. The summed E-state index contributed by atoms with van der Waals surface area (Å²) in [4.78, 5) is 11.9. The Bertz CT molecular complexity index is 467. The Morgan fingerprint density at radius 3 is 1.05 bits per heavy atom. The summed E-state index contributed by atoms with van der Waals surface area (Å²) >= 11 is 1.93. The van der Waals surface area contributed by atoms with Crippen LogP contribution >= 0.6 is 11.8 Å². The third kappa shape index (κ3) is 35.8. The highest BCUT2D eigenvalue weighted by Crippen LogP contribution is 2.16. The molecule has 0 rings (SSSR count). The van der Waals surface area contributed by atoms with Gasteiger partial charge in [0.15, 0.2) is 0 Å². The van der Waals surface area contributed by atoms with Gasteiger partial charge in [-0.05, 0) is 18.6 Å². The zero-order valence-corrected chi connectivity index (χ0v) is 28.6. The Balaban J connectivity index is 3.14. The molecule has 3 heteroatoms. The number of rotatable bonds is 35. The van der Waals surface area contributed by atoms with Crippen molar-refractivity contribution < 1.29 is 9.53 Å². The van der Waals surface area contributed by atoms with Gasteiger partial charge in [0, 0.05) is 5.75 Å². The van der Waals surface area contributed by atoms with Gasteiger partial charge in [0.25, 0.3) is 0 Å². The third-order valence-corrected chi connectivity index (χ3v) is 9.42. The zero-order chi connectivity index (χ0) is 29.0. The van der Waals surface area contributed by atoms with Crippen LogP contribution < -0.4 is 0 Å². The molecule has 0 aromatic heterocycles. The van der Waals surface area contributed by atoms with E-state index in [1.54, 1.807) is 0 Å². The van der Waals surface area contributed by atoms with Crippen molar-refractivity contribution in [2.45, 2.75) is 213 Å². The van der Waals surface area contributed by atoms with Crippen molar-refractivity contribution in [3.05, 3.63) is 0 Å². The van der Waals surface area contributed by atoms with E-state index in [4.69, 9.17) is 4.74 Å². The lowest BCUT2D eigenvalue weighted by atomic mass is 10.0. The Morgan fingerprint density at radius 1 is 0.400 bits per heavy atom. The lowest BCUT2D eigenvalue weighted by molar-refractivity contribution is -0.143. The molecule has 0 aromatic rings. The molecular weight excluding hydrogens is 508 g/mol. The first kappa shape index (κ1) is 39.8. The molecule has 0 amide bonds. The molecule has 0 N–H and O–H groups in total. The number of hydrogen-bond acceptors (Lipinski definition) is 3. The van der Waals surface area contributed by atoms with E-state index in [0.29, 0.717) is 13.0 Å². The maximum Gasteiger partial charge on any atom is 0.306 e. The van der Waals surface area contributed by atoms with E-state index < -0.39 is 0 Å². The van der Waals surface area contributed by atoms with Crippen LogP contribution in [0.2, 0.25) is 0 Å². The fourth-order valence-corrected chi connectivity index (χ4v) is 6.49. The molecule has 0 bridgehead atoms. The SMILES string of the molecule is CCCCCCCCCCCCCCCCCCSCCC(=O)OCCCCCCCCCCCCCCCC. The lowest BCUT2D eigenvalue weighted by Gasteiger charge is -2.06. The Hall–Kier alpha value is -0.180. The quantitative estimate of drug-likeness (QED) is 0.0549. The standard InChI is InChI=1S/C37H74O2S/c1-3-5-7-9-11-13-15-17-19-20-22-24-26-28-30-32-35-40-36-33-37(38)39-34-31-29-27-25-23-21-18-16-14-12-10-8-6-4-2/h3-36H2,1-2H3. The Kier molecular flexibility index (Phi) is 36.7. The number of unbranched alkanes of at least 4 members (excludes halogenated alkanes) is 28. The second kappa shape index (κ2) is 36.8. The monoisotopic (exact) mass is 583 g/mol. The second-order valence-electron chi connectivity index (χ2n) is 12.5. The smallest absolute Gasteiger partial charge is 0.306 e. The number of thioether (sulfide) groups is 1. The van der Waals surface area contributed by atoms with E-state index in [0.717, 1.165) is 12.2 Å². The fraction of sp³-hybridized carbons (Fsp3) is 0.973. The highest BCUT2D eigenvalue weighted by Gasteiger charge is 2.03. The molecule has 0 unspecified atom stereocenters. The van der Waals surface area contributed by atoms with Crippen LogP contribution in [0.15, 0.2) is 0 Å². The van der Waals surface area contributed by atoms with Crippen molar-refractivity contribution >= 4 is 17.7 Å². The minimum absolute atomic E-state index is 0.00849. The molecule has 0 spiro atoms. The van der Waals surface area contributed by atoms with Gasteiger partial charge >= 0.3 is 5.97 Å². The largest absolute Gasteiger partial charge is 0.466 e. The van der Waals surface area contributed by atoms with E-state index >= 15 is 0 Å². The van der Waals surface area contributed by atoms with E-state index in [-0.39, 0.29) is 5.97 Å². The van der Waals surface area contributed by atoms with Crippen LogP contribution in [0.3, 0.4) is 0 Å². The van der Waals surface area contributed by atoms with Gasteiger partial charge in [-0.1, -0.05) is 194 Å². The van der Waals surface area contributed by atoms with Crippen LogP contribution in [0.5, 0.6) is 0 Å². The van der Waals surface area contributed by atoms with Crippen LogP contribution in [0, 0.1) is 0 Å². The van der Waals surface area contributed by atoms with Gasteiger partial charge < -0.3 is 4.74 Å². The number of carbonyl (C=O) groups excluding carboxylic acids is 1. The molecule has 0 radical (unpaired) electrons. The summed E-state index contributed by atoms with van der Waals surface area (Å²) in [7, 11) is 0. The predicted molar refractivity (Wildman–Crippen MR) is 183 cm³/mol. The number of esters is 1. The van der Waals surface area contributed by atoms with Crippen LogP contribution in [0.4, 0.5) is 0 Å². The number of ether oxygens (including phenoxy) is 1. The van der Waals surface area contributed by atoms with Crippen molar-refractivity contribution in [3.63, 3.8) is 0 Å². The highest BCUT2D eigenvalue weighted by atomic mass is 32.2. The van der Waals surface area contributed by atoms with Gasteiger partial charge in [-0.25, -0.2) is 0 Å². The van der Waals surface area contributed by atoms with Crippen molar-refractivity contribution in [3.8, 4) is 0 Å². The summed E-state index contributed by atoms with van der Waals surface area (Å²) in [5.74, 6) is 2.13. The molecule has 0 aliphatic carbocycles. The molecule has 0 saturated carbocycles. The minimum Gasteiger partial charge on any atom is -0.466 e. The Morgan fingerprint density at radius 2 is 0.700 bits per heavy atom. The van der Waals surface area contributed by atoms with Crippen molar-refractivity contribution in [1.29, 1.82) is 0 Å². The summed E-state index contributed by atoms with van der Waals surface area (Å²) in [6.45, 7) is 5.21. The van der Waals surface area contributed by atoms with Gasteiger partial charge in [-0.15, -0.1) is 0 Å². The number of hydrogen-bond donors (Lipinski definition) is 0. The summed E-state index contributed by atoms with van der Waals surface area (Å²) < 4.78 is 5.43.